The van der Waals surface area contributed by atoms with E-state index in [0.717, 1.165) is 22.4 Å². The molecule has 1 heterocycles. The van der Waals surface area contributed by atoms with Gasteiger partial charge in [-0.25, -0.2) is 0 Å². The summed E-state index contributed by atoms with van der Waals surface area (Å²) >= 11 is 3.43. The number of halogens is 1. The Morgan fingerprint density at radius 3 is 2.72 bits per heavy atom. The SMILES string of the molecule is Cc1cccc(=O)n1CCNc1cccc(Br)c1. The molecule has 0 aliphatic heterocycles. The first-order valence-electron chi connectivity index (χ1n) is 5.83. The van der Waals surface area contributed by atoms with Crippen molar-refractivity contribution in [3.8, 4) is 0 Å². The monoisotopic (exact) mass is 306 g/mol. The second kappa shape index (κ2) is 5.87. The van der Waals surface area contributed by atoms with Gasteiger partial charge in [-0.3, -0.25) is 4.79 Å². The van der Waals surface area contributed by atoms with Crippen molar-refractivity contribution in [1.29, 1.82) is 0 Å². The lowest BCUT2D eigenvalue weighted by molar-refractivity contribution is 0.675. The first kappa shape index (κ1) is 12.9. The van der Waals surface area contributed by atoms with Gasteiger partial charge in [0.2, 0.25) is 0 Å². The van der Waals surface area contributed by atoms with Crippen LogP contribution in [0.4, 0.5) is 5.69 Å². The minimum atomic E-state index is 0.0473. The molecule has 1 aromatic heterocycles. The molecule has 4 heteroatoms. The summed E-state index contributed by atoms with van der Waals surface area (Å²) in [4.78, 5) is 11.7. The van der Waals surface area contributed by atoms with Gasteiger partial charge in [0, 0.05) is 35.0 Å². The lowest BCUT2D eigenvalue weighted by atomic mass is 10.3. The predicted molar refractivity (Wildman–Crippen MR) is 78.1 cm³/mol. The van der Waals surface area contributed by atoms with E-state index in [4.69, 9.17) is 0 Å². The molecule has 0 radical (unpaired) electrons. The second-order valence-corrected chi connectivity index (χ2v) is 5.01. The van der Waals surface area contributed by atoms with E-state index in [9.17, 15) is 4.79 Å². The summed E-state index contributed by atoms with van der Waals surface area (Å²) in [6.07, 6.45) is 0. The van der Waals surface area contributed by atoms with Gasteiger partial charge < -0.3 is 9.88 Å². The summed E-state index contributed by atoms with van der Waals surface area (Å²) in [5, 5.41) is 3.30. The van der Waals surface area contributed by atoms with Crippen molar-refractivity contribution < 1.29 is 0 Å². The molecule has 0 spiro atoms. The fraction of sp³-hybridized carbons (Fsp3) is 0.214. The van der Waals surface area contributed by atoms with Gasteiger partial charge in [-0.15, -0.1) is 0 Å². The van der Waals surface area contributed by atoms with Crippen molar-refractivity contribution in [3.63, 3.8) is 0 Å². The third kappa shape index (κ3) is 3.23. The smallest absolute Gasteiger partial charge is 0.250 e. The number of nitrogens with zero attached hydrogens (tertiary/aromatic N) is 1. The van der Waals surface area contributed by atoms with Crippen LogP contribution in [-0.2, 0) is 6.54 Å². The van der Waals surface area contributed by atoms with Gasteiger partial charge in [-0.05, 0) is 31.2 Å². The summed E-state index contributed by atoms with van der Waals surface area (Å²) in [7, 11) is 0. The summed E-state index contributed by atoms with van der Waals surface area (Å²) in [6.45, 7) is 3.33. The summed E-state index contributed by atoms with van der Waals surface area (Å²) in [5.41, 5.74) is 2.08. The number of aromatic nitrogens is 1. The normalized spacial score (nSPS) is 10.3. The van der Waals surface area contributed by atoms with Gasteiger partial charge in [0.15, 0.2) is 0 Å². The van der Waals surface area contributed by atoms with E-state index >= 15 is 0 Å². The van der Waals surface area contributed by atoms with Crippen molar-refractivity contribution >= 4 is 21.6 Å². The molecule has 94 valence electrons. The molecular formula is C14H15BrN2O. The van der Waals surface area contributed by atoms with Crippen molar-refractivity contribution in [1.82, 2.24) is 4.57 Å². The van der Waals surface area contributed by atoms with Crippen molar-refractivity contribution in [2.24, 2.45) is 0 Å². The standard InChI is InChI=1S/C14H15BrN2O/c1-11-4-2-7-14(18)17(11)9-8-16-13-6-3-5-12(15)10-13/h2-7,10,16H,8-9H2,1H3. The van der Waals surface area contributed by atoms with Crippen molar-refractivity contribution in [2.75, 3.05) is 11.9 Å². The zero-order valence-electron chi connectivity index (χ0n) is 10.2. The number of hydrogen-bond acceptors (Lipinski definition) is 2. The topological polar surface area (TPSA) is 34.0 Å². The van der Waals surface area contributed by atoms with Gasteiger partial charge in [-0.2, -0.15) is 0 Å². The van der Waals surface area contributed by atoms with Crippen LogP contribution in [0.3, 0.4) is 0 Å². The number of benzene rings is 1. The molecule has 0 amide bonds. The average Bonchev–Trinajstić information content (AvgIpc) is 2.33. The lowest BCUT2D eigenvalue weighted by Crippen LogP contribution is -2.24. The van der Waals surface area contributed by atoms with Crippen LogP contribution in [0.2, 0.25) is 0 Å². The van der Waals surface area contributed by atoms with Crippen LogP contribution in [0, 0.1) is 6.92 Å². The molecule has 18 heavy (non-hydrogen) atoms. The molecule has 0 saturated heterocycles. The quantitative estimate of drug-likeness (QED) is 0.942. The van der Waals surface area contributed by atoms with Crippen LogP contribution in [0.1, 0.15) is 5.69 Å². The van der Waals surface area contributed by atoms with E-state index < -0.39 is 0 Å². The third-order valence-electron chi connectivity index (χ3n) is 2.76. The zero-order valence-corrected chi connectivity index (χ0v) is 11.8. The molecule has 0 atom stereocenters. The van der Waals surface area contributed by atoms with Crippen LogP contribution in [0.5, 0.6) is 0 Å². The Morgan fingerprint density at radius 2 is 2.00 bits per heavy atom. The molecule has 0 bridgehead atoms. The van der Waals surface area contributed by atoms with Crippen LogP contribution in [0.25, 0.3) is 0 Å². The second-order valence-electron chi connectivity index (χ2n) is 4.09. The highest BCUT2D eigenvalue weighted by Gasteiger charge is 1.99. The van der Waals surface area contributed by atoms with Crippen molar-refractivity contribution in [2.45, 2.75) is 13.5 Å². The fourth-order valence-corrected chi connectivity index (χ4v) is 2.22. The van der Waals surface area contributed by atoms with Crippen LogP contribution >= 0.6 is 15.9 Å². The molecule has 2 rings (SSSR count). The Balaban J connectivity index is 1.99. The molecule has 3 nitrogen and oxygen atoms in total. The molecule has 0 aliphatic carbocycles. The fourth-order valence-electron chi connectivity index (χ4n) is 1.82. The van der Waals surface area contributed by atoms with Crippen molar-refractivity contribution in [3.05, 3.63) is 63.0 Å². The van der Waals surface area contributed by atoms with E-state index in [1.807, 2.05) is 37.3 Å². The summed E-state index contributed by atoms with van der Waals surface area (Å²) in [6, 6.07) is 13.3. The molecule has 1 N–H and O–H groups in total. The maximum atomic E-state index is 11.7. The number of rotatable bonds is 4. The Kier molecular flexibility index (Phi) is 4.20. The minimum Gasteiger partial charge on any atom is -0.383 e. The van der Waals surface area contributed by atoms with Gasteiger partial charge in [-0.1, -0.05) is 28.1 Å². The first-order valence-corrected chi connectivity index (χ1v) is 6.62. The maximum Gasteiger partial charge on any atom is 0.250 e. The van der Waals surface area contributed by atoms with Crippen LogP contribution in [0.15, 0.2) is 51.7 Å². The van der Waals surface area contributed by atoms with Crippen LogP contribution in [-0.4, -0.2) is 11.1 Å². The van der Waals surface area contributed by atoms with E-state index in [0.29, 0.717) is 6.54 Å². The van der Waals surface area contributed by atoms with Gasteiger partial charge in [0.1, 0.15) is 0 Å². The largest absolute Gasteiger partial charge is 0.383 e. The highest BCUT2D eigenvalue weighted by molar-refractivity contribution is 9.10. The minimum absolute atomic E-state index is 0.0473. The molecular weight excluding hydrogens is 292 g/mol. The third-order valence-corrected chi connectivity index (χ3v) is 3.25. The zero-order chi connectivity index (χ0) is 13.0. The van der Waals surface area contributed by atoms with Gasteiger partial charge in [0.25, 0.3) is 5.56 Å². The number of hydrogen-bond donors (Lipinski definition) is 1. The van der Waals surface area contributed by atoms with E-state index in [-0.39, 0.29) is 5.56 Å². The predicted octanol–water partition coefficient (Wildman–Crippen LogP) is 3.03. The molecule has 0 saturated carbocycles. The Morgan fingerprint density at radius 1 is 1.22 bits per heavy atom. The molecule has 2 aromatic rings. The molecule has 1 aromatic carbocycles. The molecule has 0 unspecified atom stereocenters. The molecule has 0 fully saturated rings. The number of nitrogens with one attached hydrogen (secondary N) is 1. The Bertz CT molecular complexity index is 592. The van der Waals surface area contributed by atoms with Gasteiger partial charge in [0.05, 0.1) is 0 Å². The van der Waals surface area contributed by atoms with Gasteiger partial charge >= 0.3 is 0 Å². The number of anilines is 1. The lowest BCUT2D eigenvalue weighted by Gasteiger charge is -2.11. The first-order chi connectivity index (χ1) is 8.66. The van der Waals surface area contributed by atoms with E-state index in [1.54, 1.807) is 16.7 Å². The van der Waals surface area contributed by atoms with E-state index in [2.05, 4.69) is 21.2 Å². The average molecular weight is 307 g/mol. The Hall–Kier alpha value is -1.55. The van der Waals surface area contributed by atoms with Crippen LogP contribution < -0.4 is 10.9 Å². The number of pyridine rings is 1. The summed E-state index contributed by atoms with van der Waals surface area (Å²) in [5.74, 6) is 0. The number of aryl methyl sites for hydroxylation is 1. The maximum absolute atomic E-state index is 11.7. The molecule has 0 aliphatic rings. The van der Waals surface area contributed by atoms with E-state index in [1.165, 1.54) is 0 Å². The summed E-state index contributed by atoms with van der Waals surface area (Å²) < 4.78 is 2.81. The highest BCUT2D eigenvalue weighted by atomic mass is 79.9. The highest BCUT2D eigenvalue weighted by Crippen LogP contribution is 2.15. The Labute approximate surface area is 115 Å².